The molecule has 0 aliphatic rings. The molecule has 0 saturated carbocycles. The minimum absolute atomic E-state index is 0.0617. The molecule has 0 atom stereocenters. The Morgan fingerprint density at radius 1 is 1.17 bits per heavy atom. The van der Waals surface area contributed by atoms with Crippen LogP contribution in [-0.2, 0) is 22.6 Å². The van der Waals surface area contributed by atoms with Crippen LogP contribution in [0.2, 0.25) is 0 Å². The van der Waals surface area contributed by atoms with E-state index in [4.69, 9.17) is 9.15 Å². The van der Waals surface area contributed by atoms with Crippen LogP contribution in [0.3, 0.4) is 0 Å². The van der Waals surface area contributed by atoms with Gasteiger partial charge in [-0.25, -0.2) is 0 Å². The third-order valence-electron chi connectivity index (χ3n) is 3.62. The number of amides is 1. The fraction of sp³-hybridized carbons (Fsp3) is 0.421. The second-order valence-electron chi connectivity index (χ2n) is 5.54. The first-order chi connectivity index (χ1) is 11.8. The normalized spacial score (nSPS) is 10.7. The van der Waals surface area contributed by atoms with Crippen LogP contribution in [-0.4, -0.2) is 37.1 Å². The molecule has 0 unspecified atom stereocenters. The third kappa shape index (κ3) is 6.56. The van der Waals surface area contributed by atoms with Crippen molar-refractivity contribution in [2.75, 3.05) is 26.3 Å². The Kier molecular flexibility index (Phi) is 8.07. The number of ether oxygens (including phenoxy) is 1. The summed E-state index contributed by atoms with van der Waals surface area (Å²) in [7, 11) is 0. The lowest BCUT2D eigenvalue weighted by molar-refractivity contribution is -0.131. The number of hydrogen-bond donors (Lipinski definition) is 1. The molecule has 0 aliphatic carbocycles. The molecule has 0 aliphatic heterocycles. The van der Waals surface area contributed by atoms with E-state index in [1.807, 2.05) is 54.3 Å². The highest BCUT2D eigenvalue weighted by molar-refractivity contribution is 5.78. The Hall–Kier alpha value is -2.11. The first kappa shape index (κ1) is 18.2. The van der Waals surface area contributed by atoms with Gasteiger partial charge in [-0.3, -0.25) is 4.79 Å². The highest BCUT2D eigenvalue weighted by atomic mass is 16.5. The summed E-state index contributed by atoms with van der Waals surface area (Å²) in [6, 6.07) is 13.7. The number of benzene rings is 1. The van der Waals surface area contributed by atoms with E-state index in [9.17, 15) is 4.79 Å². The van der Waals surface area contributed by atoms with Gasteiger partial charge in [0.2, 0.25) is 5.91 Å². The smallest absolute Gasteiger partial charge is 0.237 e. The summed E-state index contributed by atoms with van der Waals surface area (Å²) in [6.45, 7) is 5.56. The van der Waals surface area contributed by atoms with Crippen molar-refractivity contribution in [3.8, 4) is 0 Å². The van der Waals surface area contributed by atoms with Crippen LogP contribution in [0.15, 0.2) is 53.1 Å². The standard InChI is InChI=1S/C19H26N2O3/c1-2-23-12-7-11-20-14-19(22)21(16-18-10-6-13-24-18)15-17-8-4-3-5-9-17/h3-6,8-10,13,20H,2,7,11-12,14-16H2,1H3. The Morgan fingerprint density at radius 2 is 2.00 bits per heavy atom. The molecule has 1 N–H and O–H groups in total. The van der Waals surface area contributed by atoms with E-state index in [0.29, 0.717) is 19.6 Å². The van der Waals surface area contributed by atoms with Gasteiger partial charge in [0.25, 0.3) is 0 Å². The van der Waals surface area contributed by atoms with E-state index >= 15 is 0 Å². The van der Waals surface area contributed by atoms with Crippen LogP contribution in [0.1, 0.15) is 24.7 Å². The number of rotatable bonds is 11. The molecule has 0 fully saturated rings. The third-order valence-corrected chi connectivity index (χ3v) is 3.62. The molecule has 0 bridgehead atoms. The molecule has 1 aromatic heterocycles. The largest absolute Gasteiger partial charge is 0.467 e. The van der Waals surface area contributed by atoms with E-state index in [-0.39, 0.29) is 5.91 Å². The van der Waals surface area contributed by atoms with E-state index in [0.717, 1.165) is 37.5 Å². The molecular formula is C19H26N2O3. The zero-order chi connectivity index (χ0) is 17.0. The quantitative estimate of drug-likeness (QED) is 0.644. The summed E-state index contributed by atoms with van der Waals surface area (Å²) in [6.07, 6.45) is 2.53. The average molecular weight is 330 g/mol. The van der Waals surface area contributed by atoms with Crippen molar-refractivity contribution in [3.63, 3.8) is 0 Å². The van der Waals surface area contributed by atoms with Crippen LogP contribution < -0.4 is 5.32 Å². The molecule has 0 radical (unpaired) electrons. The molecule has 5 nitrogen and oxygen atoms in total. The zero-order valence-corrected chi connectivity index (χ0v) is 14.2. The number of nitrogens with one attached hydrogen (secondary N) is 1. The van der Waals surface area contributed by atoms with Gasteiger partial charge in [-0.1, -0.05) is 30.3 Å². The SMILES string of the molecule is CCOCCCNCC(=O)N(Cc1ccccc1)Cc1ccco1. The molecule has 0 saturated heterocycles. The summed E-state index contributed by atoms with van der Waals surface area (Å²) < 4.78 is 10.7. The maximum atomic E-state index is 12.6. The first-order valence-electron chi connectivity index (χ1n) is 8.42. The highest BCUT2D eigenvalue weighted by Gasteiger charge is 2.15. The minimum Gasteiger partial charge on any atom is -0.467 e. The number of hydrogen-bond acceptors (Lipinski definition) is 4. The van der Waals surface area contributed by atoms with Crippen LogP contribution in [0.4, 0.5) is 0 Å². The lowest BCUT2D eigenvalue weighted by Gasteiger charge is -2.22. The van der Waals surface area contributed by atoms with Gasteiger partial charge < -0.3 is 19.4 Å². The van der Waals surface area contributed by atoms with Gasteiger partial charge in [0.15, 0.2) is 0 Å². The fourth-order valence-electron chi connectivity index (χ4n) is 2.38. The van der Waals surface area contributed by atoms with Crippen molar-refractivity contribution in [2.24, 2.45) is 0 Å². The second kappa shape index (κ2) is 10.6. The van der Waals surface area contributed by atoms with Crippen molar-refractivity contribution in [3.05, 3.63) is 60.1 Å². The maximum Gasteiger partial charge on any atom is 0.237 e. The van der Waals surface area contributed by atoms with E-state index < -0.39 is 0 Å². The monoisotopic (exact) mass is 330 g/mol. The van der Waals surface area contributed by atoms with Gasteiger partial charge in [0.1, 0.15) is 5.76 Å². The predicted octanol–water partition coefficient (Wildman–Crippen LogP) is 2.82. The van der Waals surface area contributed by atoms with Crippen molar-refractivity contribution < 1.29 is 13.9 Å². The van der Waals surface area contributed by atoms with Crippen molar-refractivity contribution in [2.45, 2.75) is 26.4 Å². The zero-order valence-electron chi connectivity index (χ0n) is 14.2. The van der Waals surface area contributed by atoms with E-state index in [2.05, 4.69) is 5.32 Å². The van der Waals surface area contributed by atoms with Gasteiger partial charge in [0.05, 0.1) is 19.4 Å². The molecule has 1 aromatic carbocycles. The number of carbonyl (C=O) groups excluding carboxylic acids is 1. The van der Waals surface area contributed by atoms with E-state index in [1.165, 1.54) is 0 Å². The molecule has 2 rings (SSSR count). The summed E-state index contributed by atoms with van der Waals surface area (Å²) in [5.74, 6) is 0.849. The van der Waals surface area contributed by atoms with Gasteiger partial charge in [-0.2, -0.15) is 0 Å². The predicted molar refractivity (Wildman–Crippen MR) is 93.4 cm³/mol. The Labute approximate surface area is 143 Å². The number of nitrogens with zero attached hydrogens (tertiary/aromatic N) is 1. The average Bonchev–Trinajstić information content (AvgIpc) is 3.11. The number of furan rings is 1. The van der Waals surface area contributed by atoms with E-state index in [1.54, 1.807) is 6.26 Å². The molecule has 1 heterocycles. The highest BCUT2D eigenvalue weighted by Crippen LogP contribution is 2.10. The Balaban J connectivity index is 1.85. The minimum atomic E-state index is 0.0617. The van der Waals surface area contributed by atoms with Crippen LogP contribution >= 0.6 is 0 Å². The molecule has 0 spiro atoms. The molecule has 24 heavy (non-hydrogen) atoms. The fourth-order valence-corrected chi connectivity index (χ4v) is 2.38. The van der Waals surface area contributed by atoms with Crippen molar-refractivity contribution in [1.82, 2.24) is 10.2 Å². The lowest BCUT2D eigenvalue weighted by Crippen LogP contribution is -2.37. The molecule has 5 heteroatoms. The topological polar surface area (TPSA) is 54.7 Å². The lowest BCUT2D eigenvalue weighted by atomic mass is 10.2. The van der Waals surface area contributed by atoms with Crippen LogP contribution in [0, 0.1) is 0 Å². The van der Waals surface area contributed by atoms with Gasteiger partial charge >= 0.3 is 0 Å². The van der Waals surface area contributed by atoms with Gasteiger partial charge in [-0.05, 0) is 37.6 Å². The number of carbonyl (C=O) groups is 1. The summed E-state index contributed by atoms with van der Waals surface area (Å²) >= 11 is 0. The summed E-state index contributed by atoms with van der Waals surface area (Å²) in [5.41, 5.74) is 1.11. The Morgan fingerprint density at radius 3 is 2.71 bits per heavy atom. The summed E-state index contributed by atoms with van der Waals surface area (Å²) in [4.78, 5) is 14.4. The van der Waals surface area contributed by atoms with Crippen LogP contribution in [0.5, 0.6) is 0 Å². The van der Waals surface area contributed by atoms with Crippen molar-refractivity contribution >= 4 is 5.91 Å². The first-order valence-corrected chi connectivity index (χ1v) is 8.42. The molecule has 1 amide bonds. The second-order valence-corrected chi connectivity index (χ2v) is 5.54. The Bertz CT molecular complexity index is 570. The molecule has 2 aromatic rings. The molecular weight excluding hydrogens is 304 g/mol. The van der Waals surface area contributed by atoms with Crippen LogP contribution in [0.25, 0.3) is 0 Å². The summed E-state index contributed by atoms with van der Waals surface area (Å²) in [5, 5.41) is 3.19. The molecule has 130 valence electrons. The van der Waals surface area contributed by atoms with Gasteiger partial charge in [0, 0.05) is 19.8 Å². The maximum absolute atomic E-state index is 12.6. The van der Waals surface area contributed by atoms with Crippen molar-refractivity contribution in [1.29, 1.82) is 0 Å². The van der Waals surface area contributed by atoms with Gasteiger partial charge in [-0.15, -0.1) is 0 Å².